The van der Waals surface area contributed by atoms with Crippen LogP contribution in [0.2, 0.25) is 0 Å². The first-order valence-corrected chi connectivity index (χ1v) is 9.34. The molecule has 1 aromatic rings. The SMILES string of the molecule is CCOC(=O)c1c(NC(=O)C2CC=CCC2C(=O)O)sc2c1CCC2. The Kier molecular flexibility index (Phi) is 5.22. The molecule has 134 valence electrons. The van der Waals surface area contributed by atoms with Crippen molar-refractivity contribution in [3.8, 4) is 0 Å². The Morgan fingerprint density at radius 3 is 2.64 bits per heavy atom. The van der Waals surface area contributed by atoms with Crippen molar-refractivity contribution >= 4 is 34.2 Å². The van der Waals surface area contributed by atoms with E-state index in [-0.39, 0.29) is 12.5 Å². The Balaban J connectivity index is 1.85. The number of rotatable bonds is 5. The van der Waals surface area contributed by atoms with E-state index >= 15 is 0 Å². The number of esters is 1. The molecule has 2 N–H and O–H groups in total. The number of aliphatic carboxylic acids is 1. The molecule has 6 nitrogen and oxygen atoms in total. The number of anilines is 1. The van der Waals surface area contributed by atoms with Gasteiger partial charge in [0, 0.05) is 4.88 Å². The quantitative estimate of drug-likeness (QED) is 0.620. The highest BCUT2D eigenvalue weighted by Gasteiger charge is 2.35. The zero-order chi connectivity index (χ0) is 18.0. The average molecular weight is 363 g/mol. The molecule has 3 rings (SSSR count). The van der Waals surface area contributed by atoms with Gasteiger partial charge in [-0.2, -0.15) is 0 Å². The van der Waals surface area contributed by atoms with Crippen LogP contribution in [0.25, 0.3) is 0 Å². The second kappa shape index (κ2) is 7.39. The summed E-state index contributed by atoms with van der Waals surface area (Å²) < 4.78 is 5.15. The number of nitrogens with one attached hydrogen (secondary N) is 1. The number of carboxylic acid groups (broad SMARTS) is 1. The van der Waals surface area contributed by atoms with E-state index in [0.717, 1.165) is 29.7 Å². The minimum absolute atomic E-state index is 0.269. The van der Waals surface area contributed by atoms with E-state index in [1.807, 2.05) is 6.08 Å². The van der Waals surface area contributed by atoms with E-state index < -0.39 is 23.8 Å². The lowest BCUT2D eigenvalue weighted by Crippen LogP contribution is -2.34. The molecule has 0 spiro atoms. The van der Waals surface area contributed by atoms with E-state index in [0.29, 0.717) is 23.4 Å². The van der Waals surface area contributed by atoms with Crippen LogP contribution in [0.4, 0.5) is 5.00 Å². The van der Waals surface area contributed by atoms with Crippen LogP contribution in [-0.4, -0.2) is 29.6 Å². The summed E-state index contributed by atoms with van der Waals surface area (Å²) in [5.41, 5.74) is 1.42. The molecule has 2 atom stereocenters. The highest BCUT2D eigenvalue weighted by atomic mass is 32.1. The molecule has 2 unspecified atom stereocenters. The Morgan fingerprint density at radius 1 is 1.24 bits per heavy atom. The highest BCUT2D eigenvalue weighted by Crippen LogP contribution is 2.40. The van der Waals surface area contributed by atoms with Crippen LogP contribution in [0.1, 0.15) is 47.0 Å². The topological polar surface area (TPSA) is 92.7 Å². The summed E-state index contributed by atoms with van der Waals surface area (Å²) >= 11 is 1.41. The molecule has 25 heavy (non-hydrogen) atoms. The lowest BCUT2D eigenvalue weighted by atomic mass is 9.82. The summed E-state index contributed by atoms with van der Waals surface area (Å²) in [7, 11) is 0. The van der Waals surface area contributed by atoms with Crippen molar-refractivity contribution in [1.29, 1.82) is 0 Å². The lowest BCUT2D eigenvalue weighted by Gasteiger charge is -2.24. The number of amides is 1. The van der Waals surface area contributed by atoms with Crippen LogP contribution < -0.4 is 5.32 Å². The number of allylic oxidation sites excluding steroid dienone is 2. The van der Waals surface area contributed by atoms with Crippen molar-refractivity contribution < 1.29 is 24.2 Å². The minimum Gasteiger partial charge on any atom is -0.481 e. The van der Waals surface area contributed by atoms with Gasteiger partial charge in [0.15, 0.2) is 0 Å². The van der Waals surface area contributed by atoms with Gasteiger partial charge in [-0.15, -0.1) is 11.3 Å². The van der Waals surface area contributed by atoms with Crippen molar-refractivity contribution in [2.24, 2.45) is 11.8 Å². The Hall–Kier alpha value is -2.15. The van der Waals surface area contributed by atoms with Gasteiger partial charge in [0.05, 0.1) is 24.0 Å². The van der Waals surface area contributed by atoms with Crippen LogP contribution in [0.15, 0.2) is 12.2 Å². The van der Waals surface area contributed by atoms with E-state index in [2.05, 4.69) is 5.32 Å². The van der Waals surface area contributed by atoms with Crippen molar-refractivity contribution in [2.45, 2.75) is 39.0 Å². The lowest BCUT2D eigenvalue weighted by molar-refractivity contribution is -0.146. The Morgan fingerprint density at radius 2 is 1.96 bits per heavy atom. The third-order valence-electron chi connectivity index (χ3n) is 4.72. The van der Waals surface area contributed by atoms with Crippen molar-refractivity contribution in [2.75, 3.05) is 11.9 Å². The molecule has 1 aromatic heterocycles. The standard InChI is InChI=1S/C18H21NO5S/c1-2-24-18(23)14-12-8-5-9-13(12)25-16(14)19-15(20)10-6-3-4-7-11(10)17(21)22/h3-4,10-11H,2,5-9H2,1H3,(H,19,20)(H,21,22). The number of hydrogen-bond donors (Lipinski definition) is 2. The van der Waals surface area contributed by atoms with E-state index in [1.54, 1.807) is 13.0 Å². The molecule has 2 aliphatic rings. The monoisotopic (exact) mass is 363 g/mol. The molecule has 0 saturated carbocycles. The maximum atomic E-state index is 12.7. The first kappa shape index (κ1) is 17.7. The minimum atomic E-state index is -0.969. The first-order chi connectivity index (χ1) is 12.0. The molecule has 1 heterocycles. The summed E-state index contributed by atoms with van der Waals surface area (Å²) in [6.45, 7) is 2.01. The molecule has 7 heteroatoms. The van der Waals surface area contributed by atoms with Crippen LogP contribution in [-0.2, 0) is 27.2 Å². The van der Waals surface area contributed by atoms with Gasteiger partial charge in [-0.1, -0.05) is 12.2 Å². The molecule has 0 fully saturated rings. The number of carbonyl (C=O) groups excluding carboxylic acids is 2. The molecule has 2 aliphatic carbocycles. The fraction of sp³-hybridized carbons (Fsp3) is 0.500. The first-order valence-electron chi connectivity index (χ1n) is 8.53. The van der Waals surface area contributed by atoms with Crippen molar-refractivity contribution in [3.63, 3.8) is 0 Å². The normalized spacial score (nSPS) is 21.6. The second-order valence-corrected chi connectivity index (χ2v) is 7.37. The number of ether oxygens (including phenoxy) is 1. The van der Waals surface area contributed by atoms with Gasteiger partial charge >= 0.3 is 11.9 Å². The number of thiophene rings is 1. The van der Waals surface area contributed by atoms with Crippen LogP contribution >= 0.6 is 11.3 Å². The number of aryl methyl sites for hydroxylation is 1. The van der Waals surface area contributed by atoms with Crippen molar-refractivity contribution in [1.82, 2.24) is 0 Å². The van der Waals surface area contributed by atoms with E-state index in [4.69, 9.17) is 4.74 Å². The van der Waals surface area contributed by atoms with Gasteiger partial charge in [0.2, 0.25) is 5.91 Å². The van der Waals surface area contributed by atoms with E-state index in [1.165, 1.54) is 11.3 Å². The third kappa shape index (κ3) is 3.46. The number of hydrogen-bond acceptors (Lipinski definition) is 5. The molecule has 0 aliphatic heterocycles. The summed E-state index contributed by atoms with van der Waals surface area (Å²) in [5.74, 6) is -3.10. The van der Waals surface area contributed by atoms with Gasteiger partial charge in [0.25, 0.3) is 0 Å². The molecular weight excluding hydrogens is 342 g/mol. The predicted octanol–water partition coefficient (Wildman–Crippen LogP) is 3.02. The Bertz CT molecular complexity index is 736. The van der Waals surface area contributed by atoms with E-state index in [9.17, 15) is 19.5 Å². The molecule has 0 saturated heterocycles. The number of fused-ring (bicyclic) bond motifs is 1. The third-order valence-corrected chi connectivity index (χ3v) is 5.93. The number of carbonyl (C=O) groups is 3. The van der Waals surface area contributed by atoms with Gasteiger partial charge < -0.3 is 15.2 Å². The zero-order valence-corrected chi connectivity index (χ0v) is 14.9. The highest BCUT2D eigenvalue weighted by molar-refractivity contribution is 7.17. The fourth-order valence-electron chi connectivity index (χ4n) is 3.49. The van der Waals surface area contributed by atoms with Gasteiger partial charge in [-0.3, -0.25) is 9.59 Å². The molecule has 1 amide bonds. The molecule has 0 bridgehead atoms. The smallest absolute Gasteiger partial charge is 0.341 e. The summed E-state index contributed by atoms with van der Waals surface area (Å²) in [6.07, 6.45) is 7.07. The maximum Gasteiger partial charge on any atom is 0.341 e. The second-order valence-electron chi connectivity index (χ2n) is 6.27. The molecule has 0 radical (unpaired) electrons. The number of carboxylic acids is 1. The summed E-state index contributed by atoms with van der Waals surface area (Å²) in [4.78, 5) is 37.6. The maximum absolute atomic E-state index is 12.7. The average Bonchev–Trinajstić information content (AvgIpc) is 3.15. The predicted molar refractivity (Wildman–Crippen MR) is 93.9 cm³/mol. The van der Waals surface area contributed by atoms with Crippen molar-refractivity contribution in [3.05, 3.63) is 28.2 Å². The van der Waals surface area contributed by atoms with Crippen LogP contribution in [0, 0.1) is 11.8 Å². The zero-order valence-electron chi connectivity index (χ0n) is 14.0. The van der Waals surface area contributed by atoms with Crippen LogP contribution in [0.5, 0.6) is 0 Å². The van der Waals surface area contributed by atoms with Gasteiger partial charge in [-0.25, -0.2) is 4.79 Å². The summed E-state index contributed by atoms with van der Waals surface area (Å²) in [6, 6.07) is 0. The van der Waals surface area contributed by atoms with Crippen LogP contribution in [0.3, 0.4) is 0 Å². The summed E-state index contributed by atoms with van der Waals surface area (Å²) in [5, 5.41) is 12.7. The largest absolute Gasteiger partial charge is 0.481 e. The molecule has 0 aromatic carbocycles. The fourth-order valence-corrected chi connectivity index (χ4v) is 4.77. The Labute approximate surface area is 149 Å². The molecular formula is C18H21NO5S. The van der Waals surface area contributed by atoms with Gasteiger partial charge in [0.1, 0.15) is 5.00 Å². The van der Waals surface area contributed by atoms with Gasteiger partial charge in [-0.05, 0) is 44.6 Å².